The van der Waals surface area contributed by atoms with Crippen LogP contribution in [0.5, 0.6) is 0 Å². The Labute approximate surface area is 163 Å². The molecule has 1 aliphatic rings. The number of carbonyl (C=O) groups is 2. The lowest BCUT2D eigenvalue weighted by Gasteiger charge is -2.40. The van der Waals surface area contributed by atoms with Crippen LogP contribution in [-0.4, -0.2) is 52.7 Å². The zero-order valence-electron chi connectivity index (χ0n) is 15.7. The minimum Gasteiger partial charge on any atom is -0.394 e. The molecule has 2 atom stereocenters. The number of hydrogen-bond donors (Lipinski definition) is 3. The van der Waals surface area contributed by atoms with Gasteiger partial charge in [-0.15, -0.1) is 0 Å². The molecule has 2 aromatic rings. The van der Waals surface area contributed by atoms with Gasteiger partial charge in [0.1, 0.15) is 12.7 Å². The number of nitrogens with one attached hydrogen (secondary N) is 2. The van der Waals surface area contributed by atoms with E-state index >= 15 is 0 Å². The number of anilines is 1. The van der Waals surface area contributed by atoms with E-state index in [2.05, 4.69) is 15.6 Å². The van der Waals surface area contributed by atoms with Gasteiger partial charge in [-0.2, -0.15) is 0 Å². The maximum Gasteiger partial charge on any atom is 0.319 e. The zero-order valence-corrected chi connectivity index (χ0v) is 15.7. The van der Waals surface area contributed by atoms with Gasteiger partial charge in [-0.1, -0.05) is 12.1 Å². The number of aromatic nitrogens is 1. The Hall–Kier alpha value is -2.97. The van der Waals surface area contributed by atoms with Crippen molar-refractivity contribution in [3.8, 4) is 0 Å². The third kappa shape index (κ3) is 4.65. The van der Waals surface area contributed by atoms with Crippen molar-refractivity contribution in [1.82, 2.24) is 15.2 Å². The number of aliphatic hydroxyl groups excluding tert-OH is 1. The molecule has 0 bridgehead atoms. The van der Waals surface area contributed by atoms with E-state index in [1.807, 2.05) is 31.2 Å². The Morgan fingerprint density at radius 1 is 1.25 bits per heavy atom. The lowest BCUT2D eigenvalue weighted by Crippen LogP contribution is -2.52. The average molecular weight is 384 g/mol. The quantitative estimate of drug-likeness (QED) is 0.703. The molecule has 0 aliphatic carbocycles. The molecule has 0 unspecified atom stereocenters. The minimum atomic E-state index is -0.503. The largest absolute Gasteiger partial charge is 0.394 e. The number of pyridine rings is 1. The maximum atomic E-state index is 12.4. The van der Waals surface area contributed by atoms with E-state index in [9.17, 15) is 14.7 Å². The highest BCUT2D eigenvalue weighted by atomic mass is 16.5. The van der Waals surface area contributed by atoms with Crippen LogP contribution in [-0.2, 0) is 16.1 Å². The van der Waals surface area contributed by atoms with Crippen molar-refractivity contribution in [2.75, 3.05) is 25.1 Å². The van der Waals surface area contributed by atoms with Crippen LogP contribution in [0.25, 0.3) is 0 Å². The first-order valence-corrected chi connectivity index (χ1v) is 9.18. The van der Waals surface area contributed by atoms with Gasteiger partial charge >= 0.3 is 6.03 Å². The van der Waals surface area contributed by atoms with E-state index in [0.29, 0.717) is 18.8 Å². The van der Waals surface area contributed by atoms with E-state index in [1.165, 1.54) is 0 Å². The van der Waals surface area contributed by atoms with Crippen LogP contribution in [0.2, 0.25) is 0 Å². The number of urea groups is 1. The first-order valence-electron chi connectivity index (χ1n) is 9.18. The lowest BCUT2D eigenvalue weighted by molar-refractivity contribution is -0.162. The summed E-state index contributed by atoms with van der Waals surface area (Å²) in [6, 6.07) is 10.1. The molecule has 3 N–H and O–H groups in total. The van der Waals surface area contributed by atoms with E-state index in [-0.39, 0.29) is 25.2 Å². The summed E-state index contributed by atoms with van der Waals surface area (Å²) in [6.07, 6.45) is 2.89. The molecule has 8 nitrogen and oxygen atoms in total. The van der Waals surface area contributed by atoms with Gasteiger partial charge in [0.05, 0.1) is 12.6 Å². The second-order valence-electron chi connectivity index (χ2n) is 6.47. The molecule has 1 aromatic carbocycles. The number of ether oxygens (including phenoxy) is 1. The van der Waals surface area contributed by atoms with E-state index < -0.39 is 12.1 Å². The number of carbonyl (C=O) groups excluding carboxylic acids is 2. The van der Waals surface area contributed by atoms with E-state index in [0.717, 1.165) is 11.1 Å². The normalized spacial score (nSPS) is 19.4. The van der Waals surface area contributed by atoms with Crippen LogP contribution in [0.15, 0.2) is 48.8 Å². The second kappa shape index (κ2) is 9.29. The molecular formula is C20H24N4O4. The fourth-order valence-electron chi connectivity index (χ4n) is 3.20. The lowest BCUT2D eigenvalue weighted by atomic mass is 9.98. The third-order valence-corrected chi connectivity index (χ3v) is 4.58. The zero-order chi connectivity index (χ0) is 19.9. The Balaban J connectivity index is 1.75. The first kappa shape index (κ1) is 19.8. The molecule has 3 rings (SSSR count). The highest BCUT2D eigenvalue weighted by Crippen LogP contribution is 2.30. The molecule has 1 aliphatic heterocycles. The summed E-state index contributed by atoms with van der Waals surface area (Å²) in [5.41, 5.74) is 2.41. The van der Waals surface area contributed by atoms with Crippen molar-refractivity contribution in [2.45, 2.75) is 25.6 Å². The summed E-state index contributed by atoms with van der Waals surface area (Å²) in [5, 5.41) is 15.4. The Bertz CT molecular complexity index is 798. The minimum absolute atomic E-state index is 0.0504. The summed E-state index contributed by atoms with van der Waals surface area (Å²) in [7, 11) is 0. The van der Waals surface area contributed by atoms with Gasteiger partial charge in [-0.3, -0.25) is 9.78 Å². The summed E-state index contributed by atoms with van der Waals surface area (Å²) in [4.78, 5) is 29.7. The first-order chi connectivity index (χ1) is 13.6. The number of nitrogens with zero attached hydrogens (tertiary/aromatic N) is 2. The fourth-order valence-corrected chi connectivity index (χ4v) is 3.20. The predicted molar refractivity (Wildman–Crippen MR) is 103 cm³/mol. The topological polar surface area (TPSA) is 104 Å². The van der Waals surface area contributed by atoms with E-state index in [1.54, 1.807) is 29.4 Å². The highest BCUT2D eigenvalue weighted by Gasteiger charge is 2.37. The molecule has 0 spiro atoms. The van der Waals surface area contributed by atoms with Gasteiger partial charge in [-0.05, 0) is 42.3 Å². The van der Waals surface area contributed by atoms with Crippen molar-refractivity contribution in [3.63, 3.8) is 0 Å². The van der Waals surface area contributed by atoms with Gasteiger partial charge in [0, 0.05) is 31.2 Å². The number of amides is 3. The maximum absolute atomic E-state index is 12.4. The Morgan fingerprint density at radius 2 is 1.96 bits per heavy atom. The average Bonchev–Trinajstić information content (AvgIpc) is 2.71. The molecule has 0 saturated carbocycles. The molecule has 8 heteroatoms. The smallest absolute Gasteiger partial charge is 0.319 e. The summed E-state index contributed by atoms with van der Waals surface area (Å²) < 4.78 is 5.74. The van der Waals surface area contributed by atoms with Crippen LogP contribution in [0.3, 0.4) is 0 Å². The summed E-state index contributed by atoms with van der Waals surface area (Å²) >= 11 is 0. The fraction of sp³-hybridized carbons (Fsp3) is 0.350. The number of hydrogen-bond acceptors (Lipinski definition) is 5. The molecule has 28 heavy (non-hydrogen) atoms. The number of rotatable bonds is 6. The third-order valence-electron chi connectivity index (χ3n) is 4.58. The van der Waals surface area contributed by atoms with Crippen molar-refractivity contribution < 1.29 is 19.4 Å². The van der Waals surface area contributed by atoms with Gasteiger partial charge in [-0.25, -0.2) is 4.79 Å². The number of benzene rings is 1. The van der Waals surface area contributed by atoms with Gasteiger partial charge in [0.2, 0.25) is 5.91 Å². The summed E-state index contributed by atoms with van der Waals surface area (Å²) in [5.74, 6) is -0.165. The van der Waals surface area contributed by atoms with Gasteiger partial charge in [0.25, 0.3) is 0 Å². The monoisotopic (exact) mass is 384 g/mol. The van der Waals surface area contributed by atoms with Crippen molar-refractivity contribution in [3.05, 3.63) is 59.9 Å². The van der Waals surface area contributed by atoms with Crippen molar-refractivity contribution in [2.24, 2.45) is 0 Å². The van der Waals surface area contributed by atoms with Crippen LogP contribution in [0.1, 0.15) is 24.2 Å². The highest BCUT2D eigenvalue weighted by molar-refractivity contribution is 5.89. The SMILES string of the molecule is CCNC(=O)Nc1ccc([C@H]2OCC(=O)N(Cc3ccncc3)[C@@H]2CO)cc1. The Kier molecular flexibility index (Phi) is 6.57. The molecule has 0 radical (unpaired) electrons. The van der Waals surface area contributed by atoms with Crippen LogP contribution < -0.4 is 10.6 Å². The Morgan fingerprint density at radius 3 is 2.61 bits per heavy atom. The van der Waals surface area contributed by atoms with Crippen molar-refractivity contribution in [1.29, 1.82) is 0 Å². The van der Waals surface area contributed by atoms with Crippen molar-refractivity contribution >= 4 is 17.6 Å². The number of aliphatic hydroxyl groups is 1. The molecule has 148 valence electrons. The molecule has 3 amide bonds. The molecule has 2 heterocycles. The van der Waals surface area contributed by atoms with Gasteiger partial charge in [0.15, 0.2) is 0 Å². The van der Waals surface area contributed by atoms with Crippen LogP contribution >= 0.6 is 0 Å². The molecule has 1 saturated heterocycles. The second-order valence-corrected chi connectivity index (χ2v) is 6.47. The molecular weight excluding hydrogens is 360 g/mol. The summed E-state index contributed by atoms with van der Waals surface area (Å²) in [6.45, 7) is 2.49. The standard InChI is InChI=1S/C20H24N4O4/c1-2-22-20(27)23-16-5-3-15(4-6-16)19-17(12-25)24(18(26)13-28-19)11-14-7-9-21-10-8-14/h3-10,17,19,25H,2,11-13H2,1H3,(H2,22,23,27)/t17-,19-/m1/s1. The predicted octanol–water partition coefficient (Wildman–Crippen LogP) is 1.68. The van der Waals surface area contributed by atoms with Crippen LogP contribution in [0, 0.1) is 0 Å². The van der Waals surface area contributed by atoms with Gasteiger partial charge < -0.3 is 25.4 Å². The molecule has 1 fully saturated rings. The van der Waals surface area contributed by atoms with Crippen LogP contribution in [0.4, 0.5) is 10.5 Å². The number of morpholine rings is 1. The van der Waals surface area contributed by atoms with E-state index in [4.69, 9.17) is 4.74 Å². The molecule has 1 aromatic heterocycles.